The highest BCUT2D eigenvalue weighted by Crippen LogP contribution is 2.19. The number of aryl methyl sites for hydroxylation is 2. The Morgan fingerprint density at radius 3 is 3.00 bits per heavy atom. The first-order chi connectivity index (χ1) is 10.3. The number of thiazole rings is 1. The Bertz CT molecular complexity index is 645. The summed E-state index contributed by atoms with van der Waals surface area (Å²) in [6.45, 7) is 8.07. The van der Waals surface area contributed by atoms with E-state index in [0.717, 1.165) is 22.8 Å². The molecule has 6 heteroatoms. The minimum Gasteiger partial charge on any atom is -0.388 e. The van der Waals surface area contributed by atoms with Crippen molar-refractivity contribution in [2.45, 2.75) is 52.6 Å². The second-order valence-corrected chi connectivity index (χ2v) is 7.04. The topological polar surface area (TPSA) is 66.6 Å². The molecule has 2 aromatic heterocycles. The predicted octanol–water partition coefficient (Wildman–Crippen LogP) is 2.55. The van der Waals surface area contributed by atoms with Crippen LogP contribution in [0.4, 0.5) is 0 Å². The Morgan fingerprint density at radius 1 is 1.59 bits per heavy atom. The van der Waals surface area contributed by atoms with Gasteiger partial charge in [0.2, 0.25) is 5.91 Å². The van der Waals surface area contributed by atoms with E-state index < -0.39 is 5.60 Å². The van der Waals surface area contributed by atoms with Crippen LogP contribution in [0, 0.1) is 12.8 Å². The van der Waals surface area contributed by atoms with Crippen molar-refractivity contribution in [3.63, 3.8) is 0 Å². The number of carbonyl (C=O) groups is 1. The predicted molar refractivity (Wildman–Crippen MR) is 89.2 cm³/mol. The summed E-state index contributed by atoms with van der Waals surface area (Å²) in [5, 5.41) is 15.2. The fraction of sp³-hybridized carbons (Fsp3) is 0.625. The summed E-state index contributed by atoms with van der Waals surface area (Å²) in [5.41, 5.74) is 1.23. The smallest absolute Gasteiger partial charge is 0.220 e. The van der Waals surface area contributed by atoms with Crippen molar-refractivity contribution in [1.82, 2.24) is 14.7 Å². The van der Waals surface area contributed by atoms with E-state index in [0.29, 0.717) is 19.4 Å². The number of amides is 1. The molecule has 0 radical (unpaired) electrons. The zero-order valence-electron chi connectivity index (χ0n) is 13.7. The van der Waals surface area contributed by atoms with Gasteiger partial charge in [0.05, 0.1) is 11.3 Å². The van der Waals surface area contributed by atoms with Crippen molar-refractivity contribution in [1.29, 1.82) is 0 Å². The van der Waals surface area contributed by atoms with Gasteiger partial charge in [-0.05, 0) is 26.2 Å². The van der Waals surface area contributed by atoms with Crippen LogP contribution in [-0.4, -0.2) is 32.5 Å². The molecule has 0 fully saturated rings. The van der Waals surface area contributed by atoms with Crippen molar-refractivity contribution < 1.29 is 9.90 Å². The van der Waals surface area contributed by atoms with Crippen molar-refractivity contribution in [2.24, 2.45) is 5.92 Å². The lowest BCUT2D eigenvalue weighted by atomic mass is 9.88. The minimum atomic E-state index is -0.860. The van der Waals surface area contributed by atoms with Gasteiger partial charge in [0.15, 0.2) is 4.96 Å². The van der Waals surface area contributed by atoms with E-state index in [9.17, 15) is 9.90 Å². The number of aromatic nitrogens is 2. The van der Waals surface area contributed by atoms with Gasteiger partial charge >= 0.3 is 0 Å². The molecule has 2 unspecified atom stereocenters. The normalized spacial score (nSPS) is 15.7. The van der Waals surface area contributed by atoms with Crippen LogP contribution in [0.1, 0.15) is 45.0 Å². The third kappa shape index (κ3) is 3.87. The van der Waals surface area contributed by atoms with Crippen LogP contribution in [0.15, 0.2) is 11.6 Å². The fourth-order valence-corrected chi connectivity index (χ4v) is 3.30. The van der Waals surface area contributed by atoms with Gasteiger partial charge in [-0.15, -0.1) is 11.3 Å². The lowest BCUT2D eigenvalue weighted by Crippen LogP contribution is -2.45. The number of hydrogen-bond acceptors (Lipinski definition) is 4. The van der Waals surface area contributed by atoms with Crippen LogP contribution in [0.5, 0.6) is 0 Å². The number of fused-ring (bicyclic) bond motifs is 1. The van der Waals surface area contributed by atoms with Crippen molar-refractivity contribution in [3.8, 4) is 0 Å². The van der Waals surface area contributed by atoms with E-state index in [-0.39, 0.29) is 11.8 Å². The summed E-state index contributed by atoms with van der Waals surface area (Å²) in [5.74, 6) is 0.123. The second kappa shape index (κ2) is 6.79. The summed E-state index contributed by atoms with van der Waals surface area (Å²) >= 11 is 1.59. The number of hydrogen-bond donors (Lipinski definition) is 2. The molecule has 1 amide bonds. The molecule has 2 heterocycles. The molecule has 0 aliphatic carbocycles. The molecule has 122 valence electrons. The molecule has 0 aliphatic heterocycles. The van der Waals surface area contributed by atoms with E-state index in [2.05, 4.69) is 10.3 Å². The Morgan fingerprint density at radius 2 is 2.32 bits per heavy atom. The van der Waals surface area contributed by atoms with Gasteiger partial charge in [-0.3, -0.25) is 9.20 Å². The van der Waals surface area contributed by atoms with Crippen LogP contribution >= 0.6 is 11.3 Å². The van der Waals surface area contributed by atoms with Gasteiger partial charge in [0, 0.05) is 30.2 Å². The number of rotatable bonds is 7. The highest BCUT2D eigenvalue weighted by molar-refractivity contribution is 7.15. The van der Waals surface area contributed by atoms with Crippen molar-refractivity contribution in [3.05, 3.63) is 23.0 Å². The lowest BCUT2D eigenvalue weighted by molar-refractivity contribution is -0.122. The number of nitrogens with zero attached hydrogens (tertiary/aromatic N) is 2. The maximum absolute atomic E-state index is 12.0. The van der Waals surface area contributed by atoms with Crippen molar-refractivity contribution in [2.75, 3.05) is 6.54 Å². The maximum Gasteiger partial charge on any atom is 0.220 e. The van der Waals surface area contributed by atoms with E-state index in [4.69, 9.17) is 0 Å². The van der Waals surface area contributed by atoms with Gasteiger partial charge in [-0.25, -0.2) is 4.98 Å². The first-order valence-electron chi connectivity index (χ1n) is 7.74. The molecule has 5 nitrogen and oxygen atoms in total. The Hall–Kier alpha value is -1.40. The molecule has 0 aromatic carbocycles. The maximum atomic E-state index is 12.0. The Kier molecular flexibility index (Phi) is 5.24. The zero-order valence-corrected chi connectivity index (χ0v) is 14.5. The van der Waals surface area contributed by atoms with Gasteiger partial charge in [0.1, 0.15) is 0 Å². The molecule has 0 bridgehead atoms. The van der Waals surface area contributed by atoms with E-state index in [1.807, 2.05) is 36.7 Å². The number of imidazole rings is 1. The van der Waals surface area contributed by atoms with Crippen LogP contribution in [-0.2, 0) is 11.2 Å². The van der Waals surface area contributed by atoms with Gasteiger partial charge in [-0.1, -0.05) is 20.3 Å². The number of aliphatic hydroxyl groups is 1. The average Bonchev–Trinajstić information content (AvgIpc) is 3.01. The second-order valence-electron chi connectivity index (χ2n) is 6.21. The average molecular weight is 323 g/mol. The molecular formula is C16H25N3O2S. The monoisotopic (exact) mass is 323 g/mol. The lowest BCUT2D eigenvalue weighted by Gasteiger charge is -2.29. The third-order valence-corrected chi connectivity index (χ3v) is 5.22. The molecule has 2 N–H and O–H groups in total. The molecule has 2 atom stereocenters. The molecular weight excluding hydrogens is 298 g/mol. The molecule has 2 rings (SSSR count). The Balaban J connectivity index is 1.85. The van der Waals surface area contributed by atoms with Gasteiger partial charge in [0.25, 0.3) is 0 Å². The minimum absolute atomic E-state index is 0.0280. The van der Waals surface area contributed by atoms with Crippen LogP contribution in [0.2, 0.25) is 0 Å². The molecule has 22 heavy (non-hydrogen) atoms. The number of carbonyl (C=O) groups excluding carboxylic acids is 1. The molecule has 0 spiro atoms. The summed E-state index contributed by atoms with van der Waals surface area (Å²) < 4.78 is 2.04. The standard InChI is InChI=1S/C16H25N3O2S/c1-5-11(2)16(4,21)10-17-14(20)7-6-13-9-22-15-18-12(3)8-19(13)15/h8-9,11,21H,5-7,10H2,1-4H3,(H,17,20). The van der Waals surface area contributed by atoms with Gasteiger partial charge in [-0.2, -0.15) is 0 Å². The summed E-state index contributed by atoms with van der Waals surface area (Å²) in [6.07, 6.45) is 3.97. The quantitative estimate of drug-likeness (QED) is 0.823. The highest BCUT2D eigenvalue weighted by Gasteiger charge is 2.27. The fourth-order valence-electron chi connectivity index (χ4n) is 2.34. The first kappa shape index (κ1) is 17.0. The highest BCUT2D eigenvalue weighted by atomic mass is 32.1. The summed E-state index contributed by atoms with van der Waals surface area (Å²) in [7, 11) is 0. The summed E-state index contributed by atoms with van der Waals surface area (Å²) in [6, 6.07) is 0. The first-order valence-corrected chi connectivity index (χ1v) is 8.62. The SMILES string of the molecule is CCC(C)C(C)(O)CNC(=O)CCc1csc2nc(C)cn12. The molecule has 2 aromatic rings. The van der Waals surface area contributed by atoms with Crippen LogP contribution in [0.3, 0.4) is 0 Å². The molecule has 0 saturated heterocycles. The molecule has 0 saturated carbocycles. The zero-order chi connectivity index (χ0) is 16.3. The van der Waals surface area contributed by atoms with Crippen molar-refractivity contribution >= 4 is 22.2 Å². The third-order valence-electron chi connectivity index (χ3n) is 4.33. The number of nitrogens with one attached hydrogen (secondary N) is 1. The van der Waals surface area contributed by atoms with E-state index >= 15 is 0 Å². The van der Waals surface area contributed by atoms with E-state index in [1.54, 1.807) is 18.3 Å². The van der Waals surface area contributed by atoms with Crippen LogP contribution < -0.4 is 5.32 Å². The molecule has 0 aliphatic rings. The largest absolute Gasteiger partial charge is 0.388 e. The summed E-state index contributed by atoms with van der Waals surface area (Å²) in [4.78, 5) is 17.4. The van der Waals surface area contributed by atoms with Crippen LogP contribution in [0.25, 0.3) is 4.96 Å². The van der Waals surface area contributed by atoms with E-state index in [1.165, 1.54) is 0 Å². The Labute approximate surface area is 135 Å². The van der Waals surface area contributed by atoms with Gasteiger partial charge < -0.3 is 10.4 Å².